The van der Waals surface area contributed by atoms with Crippen LogP contribution in [0, 0.1) is 5.92 Å². The van der Waals surface area contributed by atoms with Crippen molar-refractivity contribution >= 4 is 23.4 Å². The van der Waals surface area contributed by atoms with Crippen LogP contribution < -0.4 is 5.73 Å². The van der Waals surface area contributed by atoms with Gasteiger partial charge in [0.25, 0.3) is 0 Å². The summed E-state index contributed by atoms with van der Waals surface area (Å²) in [4.78, 5) is 11.7. The molecular formula is C14H21NO2S. The van der Waals surface area contributed by atoms with Gasteiger partial charge in [0.1, 0.15) is 0 Å². The molecule has 1 unspecified atom stereocenters. The van der Waals surface area contributed by atoms with Crippen LogP contribution in [0.2, 0.25) is 0 Å². The quantitative estimate of drug-likeness (QED) is 0.634. The van der Waals surface area contributed by atoms with Gasteiger partial charge in [0.05, 0.1) is 12.7 Å². The average molecular weight is 267 g/mol. The van der Waals surface area contributed by atoms with Crippen LogP contribution in [0.3, 0.4) is 0 Å². The summed E-state index contributed by atoms with van der Waals surface area (Å²) in [5.41, 5.74) is 7.80. The molecule has 0 aliphatic heterocycles. The zero-order chi connectivity index (χ0) is 13.5. The highest BCUT2D eigenvalue weighted by Crippen LogP contribution is 2.24. The maximum atomic E-state index is 11.7. The highest BCUT2D eigenvalue weighted by molar-refractivity contribution is 7.98. The molecule has 0 fully saturated rings. The van der Waals surface area contributed by atoms with E-state index in [1.165, 1.54) is 13.5 Å². The number of nitrogens with two attached hydrogens (primary N) is 1. The largest absolute Gasteiger partial charge is 0.465 e. The number of thioether (sulfide) groups is 1. The van der Waals surface area contributed by atoms with Gasteiger partial charge in [-0.25, -0.2) is 4.79 Å². The minimum Gasteiger partial charge on any atom is -0.465 e. The summed E-state index contributed by atoms with van der Waals surface area (Å²) in [5, 5.41) is 0. The Morgan fingerprint density at radius 3 is 2.83 bits per heavy atom. The molecule has 100 valence electrons. The second kappa shape index (κ2) is 7.31. The van der Waals surface area contributed by atoms with Crippen LogP contribution in [-0.2, 0) is 10.5 Å². The number of hydrogen-bond acceptors (Lipinski definition) is 4. The predicted octanol–water partition coefficient (Wildman–Crippen LogP) is 3.33. The molecule has 1 aromatic rings. The van der Waals surface area contributed by atoms with Crippen molar-refractivity contribution < 1.29 is 9.53 Å². The van der Waals surface area contributed by atoms with Crippen LogP contribution in [0.15, 0.2) is 18.2 Å². The first kappa shape index (κ1) is 14.9. The number of anilines is 1. The smallest absolute Gasteiger partial charge is 0.340 e. The Morgan fingerprint density at radius 1 is 1.50 bits per heavy atom. The van der Waals surface area contributed by atoms with Crippen molar-refractivity contribution in [1.29, 1.82) is 0 Å². The number of hydrogen-bond donors (Lipinski definition) is 1. The van der Waals surface area contributed by atoms with Gasteiger partial charge in [0.15, 0.2) is 0 Å². The Kier molecular flexibility index (Phi) is 6.05. The maximum Gasteiger partial charge on any atom is 0.340 e. The van der Waals surface area contributed by atoms with Crippen molar-refractivity contribution in [3.05, 3.63) is 29.3 Å². The Labute approximate surface area is 113 Å². The molecule has 0 radical (unpaired) electrons. The van der Waals surface area contributed by atoms with E-state index in [0.29, 0.717) is 17.2 Å². The summed E-state index contributed by atoms with van der Waals surface area (Å²) in [6, 6.07) is 5.54. The van der Waals surface area contributed by atoms with Crippen LogP contribution >= 0.6 is 11.8 Å². The third-order valence-electron chi connectivity index (χ3n) is 2.93. The molecule has 0 amide bonds. The zero-order valence-corrected chi connectivity index (χ0v) is 12.0. The van der Waals surface area contributed by atoms with Gasteiger partial charge in [-0.1, -0.05) is 32.4 Å². The van der Waals surface area contributed by atoms with Crippen molar-refractivity contribution in [2.75, 3.05) is 18.6 Å². The molecule has 4 heteroatoms. The number of rotatable bonds is 6. The summed E-state index contributed by atoms with van der Waals surface area (Å²) in [5.74, 6) is 2.22. The molecule has 0 aliphatic carbocycles. The Balaban J connectivity index is 2.76. The predicted molar refractivity (Wildman–Crippen MR) is 77.8 cm³/mol. The fourth-order valence-electron chi connectivity index (χ4n) is 1.58. The fourth-order valence-corrected chi connectivity index (χ4v) is 2.80. The molecule has 0 bridgehead atoms. The van der Waals surface area contributed by atoms with E-state index in [0.717, 1.165) is 17.1 Å². The molecule has 3 nitrogen and oxygen atoms in total. The normalized spacial score (nSPS) is 12.2. The summed E-state index contributed by atoms with van der Waals surface area (Å²) in [6.45, 7) is 4.42. The molecule has 1 rings (SSSR count). The van der Waals surface area contributed by atoms with Crippen molar-refractivity contribution in [3.63, 3.8) is 0 Å². The maximum absolute atomic E-state index is 11.7. The van der Waals surface area contributed by atoms with E-state index in [-0.39, 0.29) is 5.97 Å². The highest BCUT2D eigenvalue weighted by Gasteiger charge is 2.15. The monoisotopic (exact) mass is 267 g/mol. The fraction of sp³-hybridized carbons (Fsp3) is 0.500. The van der Waals surface area contributed by atoms with Crippen LogP contribution in [0.4, 0.5) is 5.69 Å². The number of ether oxygens (including phenoxy) is 1. The Hall–Kier alpha value is -1.16. The first-order chi connectivity index (χ1) is 8.60. The van der Waals surface area contributed by atoms with Gasteiger partial charge in [0.2, 0.25) is 0 Å². The highest BCUT2D eigenvalue weighted by atomic mass is 32.2. The standard InChI is InChI=1S/C14H21NO2S/c1-4-10(2)8-18-9-11-6-5-7-12(15)13(11)14(16)17-3/h5-7,10H,4,8-9,15H2,1-3H3. The lowest BCUT2D eigenvalue weighted by Crippen LogP contribution is -2.09. The van der Waals surface area contributed by atoms with Crippen LogP contribution in [-0.4, -0.2) is 18.8 Å². The first-order valence-corrected chi connectivity index (χ1v) is 7.29. The molecule has 1 aromatic carbocycles. The molecule has 0 spiro atoms. The third-order valence-corrected chi connectivity index (χ3v) is 4.25. The van der Waals surface area contributed by atoms with Gasteiger partial charge in [-0.2, -0.15) is 11.8 Å². The van der Waals surface area contributed by atoms with E-state index in [1.807, 2.05) is 23.9 Å². The van der Waals surface area contributed by atoms with E-state index in [1.54, 1.807) is 6.07 Å². The van der Waals surface area contributed by atoms with Gasteiger partial charge in [0, 0.05) is 11.4 Å². The minimum absolute atomic E-state index is 0.354. The second-order valence-corrected chi connectivity index (χ2v) is 5.43. The van der Waals surface area contributed by atoms with Crippen LogP contribution in [0.25, 0.3) is 0 Å². The van der Waals surface area contributed by atoms with Gasteiger partial charge in [-0.15, -0.1) is 0 Å². The topological polar surface area (TPSA) is 52.3 Å². The second-order valence-electron chi connectivity index (χ2n) is 4.40. The van der Waals surface area contributed by atoms with Crippen LogP contribution in [0.5, 0.6) is 0 Å². The van der Waals surface area contributed by atoms with Gasteiger partial charge in [-0.3, -0.25) is 0 Å². The molecular weight excluding hydrogens is 246 g/mol. The zero-order valence-electron chi connectivity index (χ0n) is 11.2. The number of carbonyl (C=O) groups is 1. The number of benzene rings is 1. The van der Waals surface area contributed by atoms with E-state index < -0.39 is 0 Å². The van der Waals surface area contributed by atoms with Gasteiger partial charge >= 0.3 is 5.97 Å². The first-order valence-electron chi connectivity index (χ1n) is 6.13. The molecule has 2 N–H and O–H groups in total. The molecule has 0 heterocycles. The van der Waals surface area contributed by atoms with Crippen molar-refractivity contribution in [1.82, 2.24) is 0 Å². The molecule has 0 aromatic heterocycles. The molecule has 18 heavy (non-hydrogen) atoms. The minimum atomic E-state index is -0.354. The third kappa shape index (κ3) is 3.95. The summed E-state index contributed by atoms with van der Waals surface area (Å²) in [7, 11) is 1.38. The van der Waals surface area contributed by atoms with Crippen molar-refractivity contribution in [2.24, 2.45) is 5.92 Å². The van der Waals surface area contributed by atoms with Gasteiger partial charge in [-0.05, 0) is 23.3 Å². The number of nitrogen functional groups attached to an aromatic ring is 1. The van der Waals surface area contributed by atoms with E-state index >= 15 is 0 Å². The van der Waals surface area contributed by atoms with E-state index in [4.69, 9.17) is 10.5 Å². The van der Waals surface area contributed by atoms with E-state index in [9.17, 15) is 4.79 Å². The molecule has 0 saturated heterocycles. The summed E-state index contributed by atoms with van der Waals surface area (Å²) in [6.07, 6.45) is 1.17. The van der Waals surface area contributed by atoms with Crippen LogP contribution in [0.1, 0.15) is 36.2 Å². The summed E-state index contributed by atoms with van der Waals surface area (Å²) >= 11 is 1.83. The molecule has 0 aliphatic rings. The number of methoxy groups -OCH3 is 1. The molecule has 1 atom stereocenters. The van der Waals surface area contributed by atoms with E-state index in [2.05, 4.69) is 13.8 Å². The average Bonchev–Trinajstić information content (AvgIpc) is 2.37. The summed E-state index contributed by atoms with van der Waals surface area (Å²) < 4.78 is 4.78. The van der Waals surface area contributed by atoms with Crippen molar-refractivity contribution in [2.45, 2.75) is 26.0 Å². The van der Waals surface area contributed by atoms with Gasteiger partial charge < -0.3 is 10.5 Å². The molecule has 0 saturated carbocycles. The lowest BCUT2D eigenvalue weighted by Gasteiger charge is -2.12. The number of carbonyl (C=O) groups excluding carboxylic acids is 1. The van der Waals surface area contributed by atoms with Crippen molar-refractivity contribution in [3.8, 4) is 0 Å². The lowest BCUT2D eigenvalue weighted by molar-refractivity contribution is 0.0601. The Bertz CT molecular complexity index is 407. The lowest BCUT2D eigenvalue weighted by atomic mass is 10.1. The Morgan fingerprint density at radius 2 is 2.22 bits per heavy atom. The SMILES string of the molecule is CCC(C)CSCc1cccc(N)c1C(=O)OC. The number of esters is 1.